The van der Waals surface area contributed by atoms with Gasteiger partial charge in [-0.2, -0.15) is 0 Å². The smallest absolute Gasteiger partial charge is 0.321 e. The van der Waals surface area contributed by atoms with Gasteiger partial charge >= 0.3 is 6.03 Å². The van der Waals surface area contributed by atoms with Gasteiger partial charge in [0.1, 0.15) is 11.6 Å². The lowest BCUT2D eigenvalue weighted by molar-refractivity contribution is -0.139. The van der Waals surface area contributed by atoms with Crippen LogP contribution in [0.25, 0.3) is 0 Å². The van der Waals surface area contributed by atoms with E-state index < -0.39 is 6.10 Å². The molecular weight excluding hydrogens is 349 g/mol. The highest BCUT2D eigenvalue weighted by Gasteiger charge is 2.34. The molecular formula is C20H20FN3O3. The maximum atomic E-state index is 12.9. The standard InChI is InChI=1S/C20H20FN3O3/c21-15-5-7-16(8-6-15)22-20(26)24-11-9-23(10-12-24)19(25)18-13-14-3-1-2-4-17(14)27-18/h1-8,18H,9-13H2,(H,22,26)/t18-/m0/s1. The molecule has 2 aliphatic rings. The van der Waals surface area contributed by atoms with Crippen molar-refractivity contribution in [2.75, 3.05) is 31.5 Å². The Hall–Kier alpha value is -3.09. The van der Waals surface area contributed by atoms with E-state index in [1.54, 1.807) is 9.80 Å². The summed E-state index contributed by atoms with van der Waals surface area (Å²) in [5.74, 6) is 0.384. The zero-order valence-electron chi connectivity index (χ0n) is 14.7. The highest BCUT2D eigenvalue weighted by Crippen LogP contribution is 2.29. The zero-order valence-corrected chi connectivity index (χ0v) is 14.7. The Bertz CT molecular complexity index is 823. The monoisotopic (exact) mass is 369 g/mol. The molecule has 0 bridgehead atoms. The van der Waals surface area contributed by atoms with Crippen LogP contribution in [0.1, 0.15) is 5.56 Å². The average molecular weight is 369 g/mol. The van der Waals surface area contributed by atoms with E-state index in [0.717, 1.165) is 11.3 Å². The van der Waals surface area contributed by atoms with Gasteiger partial charge in [-0.15, -0.1) is 0 Å². The third kappa shape index (κ3) is 3.72. The number of nitrogens with one attached hydrogen (secondary N) is 1. The molecule has 6 nitrogen and oxygen atoms in total. The summed E-state index contributed by atoms with van der Waals surface area (Å²) in [6.45, 7) is 1.81. The summed E-state index contributed by atoms with van der Waals surface area (Å²) < 4.78 is 18.7. The van der Waals surface area contributed by atoms with Crippen molar-refractivity contribution >= 4 is 17.6 Å². The number of carbonyl (C=O) groups excluding carboxylic acids is 2. The van der Waals surface area contributed by atoms with Gasteiger partial charge in [-0.1, -0.05) is 18.2 Å². The molecule has 0 saturated carbocycles. The van der Waals surface area contributed by atoms with Gasteiger partial charge in [-0.05, 0) is 35.9 Å². The van der Waals surface area contributed by atoms with Gasteiger partial charge in [0, 0.05) is 38.3 Å². The Morgan fingerprint density at radius 1 is 0.963 bits per heavy atom. The van der Waals surface area contributed by atoms with Crippen molar-refractivity contribution in [3.8, 4) is 5.75 Å². The molecule has 140 valence electrons. The SMILES string of the molecule is O=C(Nc1ccc(F)cc1)N1CCN(C(=O)[C@@H]2Cc3ccccc3O2)CC1. The third-order valence-electron chi connectivity index (χ3n) is 4.90. The molecule has 2 aliphatic heterocycles. The first-order valence-corrected chi connectivity index (χ1v) is 8.95. The summed E-state index contributed by atoms with van der Waals surface area (Å²) in [6, 6.07) is 13.1. The molecule has 27 heavy (non-hydrogen) atoms. The van der Waals surface area contributed by atoms with E-state index in [4.69, 9.17) is 4.74 Å². The lowest BCUT2D eigenvalue weighted by Gasteiger charge is -2.35. The van der Waals surface area contributed by atoms with Crippen molar-refractivity contribution in [3.63, 3.8) is 0 Å². The number of hydrogen-bond acceptors (Lipinski definition) is 3. The summed E-state index contributed by atoms with van der Waals surface area (Å²) in [5.41, 5.74) is 1.59. The van der Waals surface area contributed by atoms with Gasteiger partial charge in [0.15, 0.2) is 6.10 Å². The lowest BCUT2D eigenvalue weighted by Crippen LogP contribution is -2.54. The molecule has 0 aromatic heterocycles. The molecule has 2 aromatic rings. The fourth-order valence-corrected chi connectivity index (χ4v) is 3.39. The number of ether oxygens (including phenoxy) is 1. The van der Waals surface area contributed by atoms with Crippen LogP contribution < -0.4 is 10.1 Å². The minimum atomic E-state index is -0.484. The first kappa shape index (κ1) is 17.3. The Kier molecular flexibility index (Phi) is 4.66. The predicted octanol–water partition coefficient (Wildman–Crippen LogP) is 2.51. The molecule has 0 unspecified atom stereocenters. The first-order chi connectivity index (χ1) is 13.1. The molecule has 0 aliphatic carbocycles. The number of piperazine rings is 1. The number of benzene rings is 2. The Balaban J connectivity index is 1.29. The van der Waals surface area contributed by atoms with Crippen molar-refractivity contribution in [2.45, 2.75) is 12.5 Å². The second-order valence-corrected chi connectivity index (χ2v) is 6.67. The van der Waals surface area contributed by atoms with E-state index in [9.17, 15) is 14.0 Å². The molecule has 1 atom stereocenters. The van der Waals surface area contributed by atoms with Gasteiger partial charge in [0.2, 0.25) is 0 Å². The number of halogens is 1. The van der Waals surface area contributed by atoms with Crippen LogP contribution in [0.3, 0.4) is 0 Å². The molecule has 2 aromatic carbocycles. The summed E-state index contributed by atoms with van der Waals surface area (Å²) in [5, 5.41) is 2.74. The molecule has 1 N–H and O–H groups in total. The molecule has 3 amide bonds. The molecule has 0 radical (unpaired) electrons. The summed E-state index contributed by atoms with van der Waals surface area (Å²) >= 11 is 0. The van der Waals surface area contributed by atoms with Crippen molar-refractivity contribution in [1.29, 1.82) is 0 Å². The molecule has 0 spiro atoms. The van der Waals surface area contributed by atoms with Crippen LogP contribution in [0.4, 0.5) is 14.9 Å². The maximum absolute atomic E-state index is 12.9. The number of carbonyl (C=O) groups is 2. The largest absolute Gasteiger partial charge is 0.480 e. The van der Waals surface area contributed by atoms with Crippen molar-refractivity contribution in [2.24, 2.45) is 0 Å². The van der Waals surface area contributed by atoms with Crippen LogP contribution in [0.5, 0.6) is 5.75 Å². The van der Waals surface area contributed by atoms with Gasteiger partial charge < -0.3 is 19.9 Å². The highest BCUT2D eigenvalue weighted by atomic mass is 19.1. The predicted molar refractivity (Wildman–Crippen MR) is 98.1 cm³/mol. The Morgan fingerprint density at radius 2 is 1.63 bits per heavy atom. The van der Waals surface area contributed by atoms with E-state index >= 15 is 0 Å². The summed E-state index contributed by atoms with van der Waals surface area (Å²) in [4.78, 5) is 28.4. The topological polar surface area (TPSA) is 61.9 Å². The Labute approximate surface area is 156 Å². The number of anilines is 1. The molecule has 7 heteroatoms. The minimum Gasteiger partial charge on any atom is -0.480 e. The van der Waals surface area contributed by atoms with Gasteiger partial charge in [-0.25, -0.2) is 9.18 Å². The van der Waals surface area contributed by atoms with Crippen molar-refractivity contribution in [3.05, 3.63) is 59.9 Å². The summed E-state index contributed by atoms with van der Waals surface area (Å²) in [6.07, 6.45) is 0.0993. The fourth-order valence-electron chi connectivity index (χ4n) is 3.39. The Morgan fingerprint density at radius 3 is 2.33 bits per heavy atom. The van der Waals surface area contributed by atoms with E-state index in [2.05, 4.69) is 5.32 Å². The second-order valence-electron chi connectivity index (χ2n) is 6.67. The molecule has 2 heterocycles. The van der Waals surface area contributed by atoms with E-state index in [-0.39, 0.29) is 17.8 Å². The third-order valence-corrected chi connectivity index (χ3v) is 4.90. The second kappa shape index (κ2) is 7.26. The van der Waals surface area contributed by atoms with Gasteiger partial charge in [0.05, 0.1) is 0 Å². The highest BCUT2D eigenvalue weighted by molar-refractivity contribution is 5.89. The molecule has 1 fully saturated rings. The fraction of sp³-hybridized carbons (Fsp3) is 0.300. The van der Waals surface area contributed by atoms with E-state index in [1.165, 1.54) is 24.3 Å². The first-order valence-electron chi connectivity index (χ1n) is 8.95. The van der Waals surface area contributed by atoms with Gasteiger partial charge in [-0.3, -0.25) is 4.79 Å². The maximum Gasteiger partial charge on any atom is 0.321 e. The van der Waals surface area contributed by atoms with Gasteiger partial charge in [0.25, 0.3) is 5.91 Å². The van der Waals surface area contributed by atoms with Crippen LogP contribution in [-0.2, 0) is 11.2 Å². The zero-order chi connectivity index (χ0) is 18.8. The van der Waals surface area contributed by atoms with Crippen LogP contribution in [0, 0.1) is 5.82 Å². The number of nitrogens with zero attached hydrogens (tertiary/aromatic N) is 2. The van der Waals surface area contributed by atoms with Crippen molar-refractivity contribution < 1.29 is 18.7 Å². The number of urea groups is 1. The minimum absolute atomic E-state index is 0.0372. The summed E-state index contributed by atoms with van der Waals surface area (Å²) in [7, 11) is 0. The number of hydrogen-bond donors (Lipinski definition) is 1. The van der Waals surface area contributed by atoms with Crippen LogP contribution in [-0.4, -0.2) is 54.0 Å². The lowest BCUT2D eigenvalue weighted by atomic mass is 10.1. The van der Waals surface area contributed by atoms with E-state index in [1.807, 2.05) is 24.3 Å². The quantitative estimate of drug-likeness (QED) is 0.885. The van der Waals surface area contributed by atoms with Crippen LogP contribution in [0.15, 0.2) is 48.5 Å². The average Bonchev–Trinajstić information content (AvgIpc) is 3.13. The van der Waals surface area contributed by atoms with Crippen LogP contribution in [0.2, 0.25) is 0 Å². The number of para-hydroxylation sites is 1. The molecule has 4 rings (SSSR count). The normalized spacial score (nSPS) is 18.6. The van der Waals surface area contributed by atoms with Crippen LogP contribution >= 0.6 is 0 Å². The van der Waals surface area contributed by atoms with Crippen molar-refractivity contribution in [1.82, 2.24) is 9.80 Å². The molecule has 1 saturated heterocycles. The number of amides is 3. The van der Waals surface area contributed by atoms with E-state index in [0.29, 0.717) is 38.3 Å². The number of fused-ring (bicyclic) bond motifs is 1. The number of rotatable bonds is 2.